The summed E-state index contributed by atoms with van der Waals surface area (Å²) in [7, 11) is 0. The third-order valence-corrected chi connectivity index (χ3v) is 5.91. The van der Waals surface area contributed by atoms with Gasteiger partial charge in [0.15, 0.2) is 22.4 Å². The van der Waals surface area contributed by atoms with Gasteiger partial charge in [-0.1, -0.05) is 53.2 Å². The van der Waals surface area contributed by atoms with Crippen LogP contribution in [-0.4, -0.2) is 34.5 Å². The molecule has 156 valence electrons. The number of aliphatic carboxylic acids is 1. The van der Waals surface area contributed by atoms with Crippen molar-refractivity contribution < 1.29 is 24.2 Å². The summed E-state index contributed by atoms with van der Waals surface area (Å²) in [4.78, 5) is 25.5. The SMILES string of the molecule is CCOc1cc(/C=C2\SC(=S)N(c3ccc(Cl)c(Cl)c3)C2=O)ccc1OCC(=O)O. The Morgan fingerprint density at radius 3 is 2.60 bits per heavy atom. The number of carbonyl (C=O) groups excluding carboxylic acids is 1. The quantitative estimate of drug-likeness (QED) is 0.424. The first kappa shape index (κ1) is 22.4. The minimum Gasteiger partial charge on any atom is -0.490 e. The molecule has 2 aromatic rings. The number of thioether (sulfide) groups is 1. The van der Waals surface area contributed by atoms with Crippen molar-refractivity contribution >= 4 is 75.1 Å². The number of hydrogen-bond donors (Lipinski definition) is 1. The lowest BCUT2D eigenvalue weighted by Gasteiger charge is -2.15. The molecule has 0 radical (unpaired) electrons. The minimum absolute atomic E-state index is 0.285. The Labute approximate surface area is 192 Å². The van der Waals surface area contributed by atoms with E-state index in [4.69, 9.17) is 50.0 Å². The van der Waals surface area contributed by atoms with Crippen molar-refractivity contribution in [2.24, 2.45) is 0 Å². The van der Waals surface area contributed by atoms with E-state index in [-0.39, 0.29) is 5.91 Å². The van der Waals surface area contributed by atoms with Gasteiger partial charge >= 0.3 is 5.97 Å². The Morgan fingerprint density at radius 2 is 1.93 bits per heavy atom. The molecule has 10 heteroatoms. The van der Waals surface area contributed by atoms with Gasteiger partial charge in [0.05, 0.1) is 27.2 Å². The Morgan fingerprint density at radius 1 is 1.17 bits per heavy atom. The highest BCUT2D eigenvalue weighted by Crippen LogP contribution is 2.38. The lowest BCUT2D eigenvalue weighted by molar-refractivity contribution is -0.139. The van der Waals surface area contributed by atoms with E-state index in [1.807, 2.05) is 0 Å². The van der Waals surface area contributed by atoms with Crippen LogP contribution in [0.1, 0.15) is 12.5 Å². The van der Waals surface area contributed by atoms with Crippen molar-refractivity contribution in [2.45, 2.75) is 6.92 Å². The molecule has 0 aliphatic carbocycles. The van der Waals surface area contributed by atoms with Crippen LogP contribution in [0.2, 0.25) is 10.0 Å². The third-order valence-electron chi connectivity index (χ3n) is 3.87. The number of carboxylic acids is 1. The first-order chi connectivity index (χ1) is 14.3. The van der Waals surface area contributed by atoms with Gasteiger partial charge in [-0.3, -0.25) is 9.69 Å². The minimum atomic E-state index is -1.09. The Bertz CT molecular complexity index is 1060. The third kappa shape index (κ3) is 5.07. The number of rotatable bonds is 7. The van der Waals surface area contributed by atoms with Crippen LogP contribution in [0.15, 0.2) is 41.3 Å². The lowest BCUT2D eigenvalue weighted by Crippen LogP contribution is -2.27. The van der Waals surface area contributed by atoms with Crippen LogP contribution in [0.5, 0.6) is 11.5 Å². The monoisotopic (exact) mass is 483 g/mol. The molecule has 1 aliphatic rings. The molecule has 1 N–H and O–H groups in total. The van der Waals surface area contributed by atoms with Gasteiger partial charge < -0.3 is 14.6 Å². The van der Waals surface area contributed by atoms with Crippen LogP contribution in [-0.2, 0) is 9.59 Å². The molecule has 6 nitrogen and oxygen atoms in total. The van der Waals surface area contributed by atoms with Gasteiger partial charge in [-0.05, 0) is 48.9 Å². The van der Waals surface area contributed by atoms with E-state index >= 15 is 0 Å². The van der Waals surface area contributed by atoms with E-state index in [0.717, 1.165) is 11.8 Å². The fourth-order valence-electron chi connectivity index (χ4n) is 2.61. The number of hydrogen-bond acceptors (Lipinski definition) is 6. The number of nitrogens with zero attached hydrogens (tertiary/aromatic N) is 1. The standard InChI is InChI=1S/C20H15Cl2NO5S2/c1-2-27-16-7-11(3-6-15(16)28-10-18(24)25)8-17-19(26)23(20(29)30-17)12-4-5-13(21)14(22)9-12/h3-9H,2,10H2,1H3,(H,24,25)/b17-8-. The Balaban J connectivity index is 1.88. The van der Waals surface area contributed by atoms with E-state index in [9.17, 15) is 9.59 Å². The summed E-state index contributed by atoms with van der Waals surface area (Å²) in [6, 6.07) is 9.83. The predicted octanol–water partition coefficient (Wildman–Crippen LogP) is 5.26. The molecule has 3 rings (SSSR count). The highest BCUT2D eigenvalue weighted by atomic mass is 35.5. The molecule has 0 atom stereocenters. The molecule has 0 saturated carbocycles. The second-order valence-corrected chi connectivity index (χ2v) is 8.43. The van der Waals surface area contributed by atoms with E-state index in [2.05, 4.69) is 0 Å². The molecule has 0 unspecified atom stereocenters. The van der Waals surface area contributed by atoms with E-state index in [0.29, 0.717) is 48.6 Å². The normalized spacial score (nSPS) is 15.0. The zero-order valence-corrected chi connectivity index (χ0v) is 18.7. The zero-order chi connectivity index (χ0) is 21.8. The van der Waals surface area contributed by atoms with Crippen LogP contribution in [0, 0.1) is 0 Å². The van der Waals surface area contributed by atoms with Crippen LogP contribution in [0.3, 0.4) is 0 Å². The smallest absolute Gasteiger partial charge is 0.341 e. The lowest BCUT2D eigenvalue weighted by atomic mass is 10.1. The van der Waals surface area contributed by atoms with E-state index < -0.39 is 12.6 Å². The van der Waals surface area contributed by atoms with E-state index in [1.165, 1.54) is 4.90 Å². The summed E-state index contributed by atoms with van der Waals surface area (Å²) >= 11 is 18.5. The van der Waals surface area contributed by atoms with Gasteiger partial charge in [0.1, 0.15) is 0 Å². The summed E-state index contributed by atoms with van der Waals surface area (Å²) in [6.07, 6.45) is 1.68. The molecule has 2 aromatic carbocycles. The Hall–Kier alpha value is -2.26. The molecule has 0 bridgehead atoms. The van der Waals surface area contributed by atoms with Crippen molar-refractivity contribution in [1.29, 1.82) is 0 Å². The summed E-state index contributed by atoms with van der Waals surface area (Å²) in [6.45, 7) is 1.68. The fraction of sp³-hybridized carbons (Fsp3) is 0.150. The topological polar surface area (TPSA) is 76.1 Å². The second-order valence-electron chi connectivity index (χ2n) is 5.94. The van der Waals surface area contributed by atoms with Crippen molar-refractivity contribution in [3.63, 3.8) is 0 Å². The molecule has 1 heterocycles. The van der Waals surface area contributed by atoms with Crippen LogP contribution < -0.4 is 14.4 Å². The maximum absolute atomic E-state index is 12.9. The van der Waals surface area contributed by atoms with Crippen molar-refractivity contribution in [3.8, 4) is 11.5 Å². The average molecular weight is 484 g/mol. The van der Waals surface area contributed by atoms with Gasteiger partial charge in [0, 0.05) is 0 Å². The first-order valence-electron chi connectivity index (χ1n) is 8.64. The number of anilines is 1. The van der Waals surface area contributed by atoms with Gasteiger partial charge in [-0.15, -0.1) is 0 Å². The Kier molecular flexibility index (Phi) is 7.25. The molecule has 30 heavy (non-hydrogen) atoms. The molecule has 1 amide bonds. The van der Waals surface area contributed by atoms with Crippen LogP contribution >= 0.6 is 47.2 Å². The van der Waals surface area contributed by atoms with Gasteiger partial charge in [-0.25, -0.2) is 4.79 Å². The highest BCUT2D eigenvalue weighted by Gasteiger charge is 2.33. The number of ether oxygens (including phenoxy) is 2. The summed E-state index contributed by atoms with van der Waals surface area (Å²) in [5.74, 6) is -0.688. The molecule has 0 spiro atoms. The summed E-state index contributed by atoms with van der Waals surface area (Å²) in [5, 5.41) is 9.51. The number of amides is 1. The number of benzene rings is 2. The number of carboxylic acid groups (broad SMARTS) is 1. The summed E-state index contributed by atoms with van der Waals surface area (Å²) < 4.78 is 11.1. The largest absolute Gasteiger partial charge is 0.490 e. The number of halogens is 2. The molecule has 0 aromatic heterocycles. The highest BCUT2D eigenvalue weighted by molar-refractivity contribution is 8.27. The van der Waals surface area contributed by atoms with Crippen LogP contribution in [0.4, 0.5) is 5.69 Å². The zero-order valence-electron chi connectivity index (χ0n) is 15.6. The molecule has 1 saturated heterocycles. The second kappa shape index (κ2) is 9.70. The molecular formula is C20H15Cl2NO5S2. The molecular weight excluding hydrogens is 469 g/mol. The van der Waals surface area contributed by atoms with Gasteiger partial charge in [-0.2, -0.15) is 0 Å². The van der Waals surface area contributed by atoms with Crippen molar-refractivity contribution in [1.82, 2.24) is 0 Å². The van der Waals surface area contributed by atoms with Gasteiger partial charge in [0.25, 0.3) is 5.91 Å². The molecule has 1 aliphatic heterocycles. The van der Waals surface area contributed by atoms with Crippen LogP contribution in [0.25, 0.3) is 6.08 Å². The van der Waals surface area contributed by atoms with Crippen molar-refractivity contribution in [3.05, 3.63) is 56.9 Å². The maximum Gasteiger partial charge on any atom is 0.341 e. The van der Waals surface area contributed by atoms with Gasteiger partial charge in [0.2, 0.25) is 0 Å². The number of carbonyl (C=O) groups is 2. The van der Waals surface area contributed by atoms with E-state index in [1.54, 1.807) is 49.4 Å². The average Bonchev–Trinajstić information content (AvgIpc) is 2.97. The predicted molar refractivity (Wildman–Crippen MR) is 123 cm³/mol. The number of thiocarbonyl (C=S) groups is 1. The first-order valence-corrected chi connectivity index (χ1v) is 10.6. The molecule has 1 fully saturated rings. The maximum atomic E-state index is 12.9. The van der Waals surface area contributed by atoms with Crippen molar-refractivity contribution in [2.75, 3.05) is 18.1 Å². The summed E-state index contributed by atoms with van der Waals surface area (Å²) in [5.41, 5.74) is 1.21. The fourth-order valence-corrected chi connectivity index (χ4v) is 4.20.